The molecule has 7 nitrogen and oxygen atoms in total. The third-order valence-corrected chi connectivity index (χ3v) is 4.21. The van der Waals surface area contributed by atoms with Crippen molar-refractivity contribution in [1.82, 2.24) is 20.4 Å². The van der Waals surface area contributed by atoms with Crippen molar-refractivity contribution in [3.05, 3.63) is 0 Å². The molecule has 0 aromatic rings. The van der Waals surface area contributed by atoms with Crippen LogP contribution >= 0.6 is 0 Å². The van der Waals surface area contributed by atoms with Crippen LogP contribution < -0.4 is 10.6 Å². The Morgan fingerprint density at radius 1 is 1.09 bits per heavy atom. The summed E-state index contributed by atoms with van der Waals surface area (Å²) in [7, 11) is 0. The van der Waals surface area contributed by atoms with E-state index in [0.29, 0.717) is 25.7 Å². The molecule has 2 N–H and O–H groups in total. The molecule has 1 atom stereocenters. The summed E-state index contributed by atoms with van der Waals surface area (Å²) >= 11 is 0. The van der Waals surface area contributed by atoms with Crippen molar-refractivity contribution >= 4 is 17.8 Å². The third-order valence-electron chi connectivity index (χ3n) is 4.21. The Bertz CT molecular complexity index is 437. The summed E-state index contributed by atoms with van der Waals surface area (Å²) in [6, 6.07) is 0.375. The number of carbonyl (C=O) groups is 3. The lowest BCUT2D eigenvalue weighted by Gasteiger charge is -2.30. The van der Waals surface area contributed by atoms with E-state index in [1.165, 1.54) is 6.92 Å². The van der Waals surface area contributed by atoms with Gasteiger partial charge in [-0.25, -0.2) is 4.79 Å². The molecule has 0 radical (unpaired) electrons. The van der Waals surface area contributed by atoms with E-state index in [1.54, 1.807) is 6.92 Å². The number of hydrogen-bond acceptors (Lipinski definition) is 3. The smallest absolute Gasteiger partial charge is 0.317 e. The van der Waals surface area contributed by atoms with Gasteiger partial charge in [-0.1, -0.05) is 0 Å². The molecule has 2 rings (SSSR count). The highest BCUT2D eigenvalue weighted by atomic mass is 16.2. The lowest BCUT2D eigenvalue weighted by molar-refractivity contribution is -0.130. The summed E-state index contributed by atoms with van der Waals surface area (Å²) in [5.41, 5.74) is 0. The summed E-state index contributed by atoms with van der Waals surface area (Å²) in [6.07, 6.45) is 4.07. The number of nitrogens with zero attached hydrogens (tertiary/aromatic N) is 2. The van der Waals surface area contributed by atoms with Crippen LogP contribution in [0.25, 0.3) is 0 Å². The molecule has 0 aromatic carbocycles. The lowest BCUT2D eigenvalue weighted by Crippen LogP contribution is -2.49. The number of nitrogens with one attached hydrogen (secondary N) is 2. The molecule has 0 aromatic heterocycles. The van der Waals surface area contributed by atoms with Gasteiger partial charge < -0.3 is 20.4 Å². The van der Waals surface area contributed by atoms with Crippen molar-refractivity contribution in [2.75, 3.05) is 26.2 Å². The van der Waals surface area contributed by atoms with Crippen LogP contribution in [-0.2, 0) is 9.59 Å². The maximum Gasteiger partial charge on any atom is 0.317 e. The van der Waals surface area contributed by atoms with Gasteiger partial charge in [-0.15, -0.1) is 0 Å². The standard InChI is InChI=1S/C15H26N4O3/c1-11(20)16-7-8-17-15(22)18-9-3-4-14(18)10-19(12(2)21)13-5-6-13/h13-14H,3-10H2,1-2H3,(H,16,20)(H,17,22). The molecule has 0 spiro atoms. The lowest BCUT2D eigenvalue weighted by atomic mass is 10.2. The number of urea groups is 1. The second-order valence-electron chi connectivity index (χ2n) is 6.11. The zero-order valence-electron chi connectivity index (χ0n) is 13.4. The van der Waals surface area contributed by atoms with Crippen LogP contribution in [0, 0.1) is 0 Å². The molecule has 0 bridgehead atoms. The largest absolute Gasteiger partial charge is 0.355 e. The van der Waals surface area contributed by atoms with E-state index in [4.69, 9.17) is 0 Å². The fourth-order valence-corrected chi connectivity index (χ4v) is 2.95. The molecular formula is C15H26N4O3. The summed E-state index contributed by atoms with van der Waals surface area (Å²) in [5, 5.41) is 5.47. The van der Waals surface area contributed by atoms with Crippen molar-refractivity contribution in [2.45, 2.75) is 51.6 Å². The van der Waals surface area contributed by atoms with Crippen LogP contribution in [-0.4, -0.2) is 65.9 Å². The maximum absolute atomic E-state index is 12.2. The van der Waals surface area contributed by atoms with Crippen molar-refractivity contribution in [3.8, 4) is 0 Å². The monoisotopic (exact) mass is 310 g/mol. The van der Waals surface area contributed by atoms with Gasteiger partial charge in [-0.3, -0.25) is 9.59 Å². The Hall–Kier alpha value is -1.79. The molecule has 2 aliphatic rings. The van der Waals surface area contributed by atoms with Crippen molar-refractivity contribution in [2.24, 2.45) is 0 Å². The molecule has 124 valence electrons. The number of likely N-dealkylation sites (tertiary alicyclic amines) is 1. The van der Waals surface area contributed by atoms with Gasteiger partial charge in [0.2, 0.25) is 11.8 Å². The fourth-order valence-electron chi connectivity index (χ4n) is 2.95. The number of amides is 4. The van der Waals surface area contributed by atoms with Gasteiger partial charge >= 0.3 is 6.03 Å². The first kappa shape index (κ1) is 16.6. The molecule has 1 saturated carbocycles. The Kier molecular flexibility index (Phi) is 5.63. The minimum absolute atomic E-state index is 0.0976. The molecule has 1 saturated heterocycles. The SMILES string of the molecule is CC(=O)NCCNC(=O)N1CCCC1CN(C(C)=O)C1CC1. The van der Waals surface area contributed by atoms with E-state index in [2.05, 4.69) is 10.6 Å². The summed E-state index contributed by atoms with van der Waals surface area (Å²) in [4.78, 5) is 38.5. The van der Waals surface area contributed by atoms with Crippen LogP contribution in [0.15, 0.2) is 0 Å². The van der Waals surface area contributed by atoms with Gasteiger partial charge in [-0.05, 0) is 25.7 Å². The van der Waals surface area contributed by atoms with Crippen molar-refractivity contribution < 1.29 is 14.4 Å². The summed E-state index contributed by atoms with van der Waals surface area (Å²) < 4.78 is 0. The van der Waals surface area contributed by atoms with E-state index in [1.807, 2.05) is 9.80 Å². The fraction of sp³-hybridized carbons (Fsp3) is 0.800. The first-order chi connectivity index (χ1) is 10.5. The van der Waals surface area contributed by atoms with Gasteiger partial charge in [0.05, 0.1) is 6.04 Å². The Morgan fingerprint density at radius 2 is 1.77 bits per heavy atom. The second kappa shape index (κ2) is 7.47. The van der Waals surface area contributed by atoms with Crippen LogP contribution in [0.1, 0.15) is 39.5 Å². The van der Waals surface area contributed by atoms with Crippen LogP contribution in [0.4, 0.5) is 4.79 Å². The first-order valence-corrected chi connectivity index (χ1v) is 8.05. The summed E-state index contributed by atoms with van der Waals surface area (Å²) in [6.45, 7) is 5.27. The number of carbonyl (C=O) groups excluding carboxylic acids is 3. The van der Waals surface area contributed by atoms with Crippen LogP contribution in [0.3, 0.4) is 0 Å². The van der Waals surface area contributed by atoms with Crippen molar-refractivity contribution in [1.29, 1.82) is 0 Å². The number of rotatable bonds is 6. The van der Waals surface area contributed by atoms with E-state index in [0.717, 1.165) is 32.2 Å². The molecule has 22 heavy (non-hydrogen) atoms. The molecule has 7 heteroatoms. The third kappa shape index (κ3) is 4.61. The van der Waals surface area contributed by atoms with Crippen LogP contribution in [0.5, 0.6) is 0 Å². The van der Waals surface area contributed by atoms with E-state index in [9.17, 15) is 14.4 Å². The first-order valence-electron chi connectivity index (χ1n) is 8.05. The average Bonchev–Trinajstić information content (AvgIpc) is 3.18. The minimum Gasteiger partial charge on any atom is -0.355 e. The highest BCUT2D eigenvalue weighted by Crippen LogP contribution is 2.29. The maximum atomic E-state index is 12.2. The molecule has 1 aliphatic carbocycles. The second-order valence-corrected chi connectivity index (χ2v) is 6.11. The zero-order chi connectivity index (χ0) is 16.1. The van der Waals surface area contributed by atoms with Gasteiger partial charge in [-0.2, -0.15) is 0 Å². The highest BCUT2D eigenvalue weighted by Gasteiger charge is 2.36. The van der Waals surface area contributed by atoms with E-state index in [-0.39, 0.29) is 23.9 Å². The predicted octanol–water partition coefficient (Wildman–Crippen LogP) is 0.307. The zero-order valence-corrected chi connectivity index (χ0v) is 13.4. The van der Waals surface area contributed by atoms with Crippen LogP contribution in [0.2, 0.25) is 0 Å². The normalized spacial score (nSPS) is 20.6. The van der Waals surface area contributed by atoms with E-state index < -0.39 is 0 Å². The van der Waals surface area contributed by atoms with Gasteiger partial charge in [0.25, 0.3) is 0 Å². The van der Waals surface area contributed by atoms with Crippen molar-refractivity contribution in [3.63, 3.8) is 0 Å². The van der Waals surface area contributed by atoms with Gasteiger partial charge in [0.1, 0.15) is 0 Å². The predicted molar refractivity (Wildman–Crippen MR) is 82.2 cm³/mol. The topological polar surface area (TPSA) is 81.8 Å². The Balaban J connectivity index is 1.80. The minimum atomic E-state index is -0.104. The Labute approximate surface area is 131 Å². The van der Waals surface area contributed by atoms with Gasteiger partial charge in [0, 0.05) is 46.1 Å². The molecular weight excluding hydrogens is 284 g/mol. The molecule has 1 heterocycles. The van der Waals surface area contributed by atoms with E-state index >= 15 is 0 Å². The highest BCUT2D eigenvalue weighted by molar-refractivity contribution is 5.76. The van der Waals surface area contributed by atoms with Gasteiger partial charge in [0.15, 0.2) is 0 Å². The summed E-state index contributed by atoms with van der Waals surface area (Å²) in [5.74, 6) is -0.00440. The molecule has 1 aliphatic heterocycles. The molecule has 1 unspecified atom stereocenters. The quantitative estimate of drug-likeness (QED) is 0.693. The Morgan fingerprint density at radius 3 is 2.36 bits per heavy atom. The number of hydrogen-bond donors (Lipinski definition) is 2. The molecule has 4 amide bonds. The molecule has 2 fully saturated rings. The average molecular weight is 310 g/mol.